The molecule has 0 radical (unpaired) electrons. The molecule has 74 valence electrons. The van der Waals surface area contributed by atoms with Gasteiger partial charge in [0.1, 0.15) is 0 Å². The van der Waals surface area contributed by atoms with E-state index in [4.69, 9.17) is 10.00 Å². The van der Waals surface area contributed by atoms with Gasteiger partial charge in [-0.15, -0.1) is 5.26 Å². The number of nitrogens with zero attached hydrogens (tertiary/aromatic N) is 1. The fraction of sp³-hybridized carbons (Fsp3) is 0. The topological polar surface area (TPSA) is 33.0 Å². The number of benzene rings is 2. The fourth-order valence-electron chi connectivity index (χ4n) is 1.40. The second kappa shape index (κ2) is 4.21. The number of fused-ring (bicyclic) bond motifs is 1. The summed E-state index contributed by atoms with van der Waals surface area (Å²) in [5, 5.41) is 10.5. The summed E-state index contributed by atoms with van der Waals surface area (Å²) in [6.07, 6.45) is 1.69. The van der Waals surface area contributed by atoms with Crippen molar-refractivity contribution in [2.24, 2.45) is 0 Å². The second-order valence-corrected chi connectivity index (χ2v) is 4.56. The predicted molar refractivity (Wildman–Crippen MR) is 65.6 cm³/mol. The fourth-order valence-corrected chi connectivity index (χ4v) is 2.24. The van der Waals surface area contributed by atoms with Gasteiger partial charge < -0.3 is 4.74 Å². The van der Waals surface area contributed by atoms with E-state index in [9.17, 15) is 0 Å². The van der Waals surface area contributed by atoms with E-state index in [-0.39, 0.29) is 0 Å². The molecule has 0 aliphatic carbocycles. The van der Waals surface area contributed by atoms with Gasteiger partial charge in [0.2, 0.25) is 0 Å². The Hall–Kier alpha value is -1.05. The van der Waals surface area contributed by atoms with Crippen molar-refractivity contribution in [2.45, 2.75) is 0 Å². The van der Waals surface area contributed by atoms with Crippen LogP contribution in [0.15, 0.2) is 39.3 Å². The monoisotopic (exact) mass is 325 g/mol. The molecule has 2 aromatic carbocycles. The quantitative estimate of drug-likeness (QED) is 0.735. The van der Waals surface area contributed by atoms with Crippen LogP contribution in [0, 0.1) is 11.5 Å². The molecular formula is C11H5Br2NO. The van der Waals surface area contributed by atoms with Gasteiger partial charge in [0.05, 0.1) is 4.47 Å². The summed E-state index contributed by atoms with van der Waals surface area (Å²) in [7, 11) is 0. The van der Waals surface area contributed by atoms with Crippen LogP contribution in [0.5, 0.6) is 5.75 Å². The van der Waals surface area contributed by atoms with Crippen LogP contribution >= 0.6 is 31.9 Å². The number of hydrogen-bond acceptors (Lipinski definition) is 2. The normalized spacial score (nSPS) is 9.93. The van der Waals surface area contributed by atoms with E-state index in [0.29, 0.717) is 5.75 Å². The lowest BCUT2D eigenvalue weighted by Crippen LogP contribution is -1.87. The van der Waals surface area contributed by atoms with Crippen molar-refractivity contribution < 1.29 is 4.74 Å². The van der Waals surface area contributed by atoms with Gasteiger partial charge in [-0.2, -0.15) is 0 Å². The molecule has 2 aromatic rings. The molecule has 0 atom stereocenters. The average Bonchev–Trinajstić information content (AvgIpc) is 2.25. The summed E-state index contributed by atoms with van der Waals surface area (Å²) in [6, 6.07) is 9.71. The number of nitriles is 1. The van der Waals surface area contributed by atoms with E-state index in [1.807, 2.05) is 30.3 Å². The molecule has 0 heterocycles. The van der Waals surface area contributed by atoms with Crippen LogP contribution in [0.2, 0.25) is 0 Å². The zero-order valence-corrected chi connectivity index (χ0v) is 10.7. The Balaban J connectivity index is 2.84. The van der Waals surface area contributed by atoms with Crippen LogP contribution in [0.25, 0.3) is 10.8 Å². The zero-order valence-electron chi connectivity index (χ0n) is 7.50. The van der Waals surface area contributed by atoms with Crippen LogP contribution < -0.4 is 4.74 Å². The van der Waals surface area contributed by atoms with E-state index >= 15 is 0 Å². The molecule has 0 N–H and O–H groups in total. The van der Waals surface area contributed by atoms with E-state index in [2.05, 4.69) is 31.9 Å². The molecule has 15 heavy (non-hydrogen) atoms. The van der Waals surface area contributed by atoms with Gasteiger partial charge in [0.25, 0.3) is 6.26 Å². The summed E-state index contributed by atoms with van der Waals surface area (Å²) < 4.78 is 6.58. The van der Waals surface area contributed by atoms with Crippen molar-refractivity contribution in [3.8, 4) is 12.0 Å². The average molecular weight is 327 g/mol. The lowest BCUT2D eigenvalue weighted by molar-refractivity contribution is 0.509. The van der Waals surface area contributed by atoms with Crippen molar-refractivity contribution in [3.05, 3.63) is 39.3 Å². The molecule has 0 amide bonds. The highest BCUT2D eigenvalue weighted by molar-refractivity contribution is 9.13. The Kier molecular flexibility index (Phi) is 2.94. The molecular weight excluding hydrogens is 322 g/mol. The van der Waals surface area contributed by atoms with Crippen molar-refractivity contribution in [2.75, 3.05) is 0 Å². The maximum Gasteiger partial charge on any atom is 0.292 e. The Morgan fingerprint density at radius 2 is 1.93 bits per heavy atom. The van der Waals surface area contributed by atoms with E-state index in [1.165, 1.54) is 0 Å². The first kappa shape index (κ1) is 10.5. The summed E-state index contributed by atoms with van der Waals surface area (Å²) in [4.78, 5) is 0. The number of ether oxygens (including phenoxy) is 1. The molecule has 0 bridgehead atoms. The lowest BCUT2D eigenvalue weighted by Gasteiger charge is -2.07. The third-order valence-corrected chi connectivity index (χ3v) is 3.99. The minimum Gasteiger partial charge on any atom is -0.386 e. The van der Waals surface area contributed by atoms with Crippen molar-refractivity contribution in [3.63, 3.8) is 0 Å². The third-order valence-electron chi connectivity index (χ3n) is 2.04. The van der Waals surface area contributed by atoms with Gasteiger partial charge in [-0.25, -0.2) is 0 Å². The Morgan fingerprint density at radius 1 is 1.20 bits per heavy atom. The smallest absolute Gasteiger partial charge is 0.292 e. The first-order chi connectivity index (χ1) is 7.24. The Morgan fingerprint density at radius 3 is 2.67 bits per heavy atom. The summed E-state index contributed by atoms with van der Waals surface area (Å²) >= 11 is 6.78. The highest BCUT2D eigenvalue weighted by Gasteiger charge is 2.10. The minimum atomic E-state index is 0.544. The van der Waals surface area contributed by atoms with Gasteiger partial charge >= 0.3 is 0 Å². The molecule has 0 aromatic heterocycles. The lowest BCUT2D eigenvalue weighted by atomic mass is 10.1. The van der Waals surface area contributed by atoms with Gasteiger partial charge in [0, 0.05) is 9.86 Å². The molecule has 0 saturated heterocycles. The van der Waals surface area contributed by atoms with Gasteiger partial charge in [-0.3, -0.25) is 0 Å². The Labute approximate surface area is 104 Å². The molecule has 0 spiro atoms. The highest BCUT2D eigenvalue weighted by atomic mass is 79.9. The molecule has 4 heteroatoms. The van der Waals surface area contributed by atoms with Crippen LogP contribution in [0.3, 0.4) is 0 Å². The van der Waals surface area contributed by atoms with Crippen LogP contribution in [-0.2, 0) is 0 Å². The largest absolute Gasteiger partial charge is 0.386 e. The molecule has 0 fully saturated rings. The van der Waals surface area contributed by atoms with E-state index < -0.39 is 0 Å². The summed E-state index contributed by atoms with van der Waals surface area (Å²) in [6.45, 7) is 0. The van der Waals surface area contributed by atoms with Crippen LogP contribution in [0.4, 0.5) is 0 Å². The molecule has 0 aliphatic heterocycles. The second-order valence-electron chi connectivity index (χ2n) is 2.92. The van der Waals surface area contributed by atoms with E-state index in [1.54, 1.807) is 6.26 Å². The number of hydrogen-bond donors (Lipinski definition) is 0. The third kappa shape index (κ3) is 1.85. The van der Waals surface area contributed by atoms with Gasteiger partial charge in [0.15, 0.2) is 5.75 Å². The van der Waals surface area contributed by atoms with E-state index in [0.717, 1.165) is 19.7 Å². The maximum absolute atomic E-state index is 8.59. The van der Waals surface area contributed by atoms with Crippen molar-refractivity contribution >= 4 is 42.6 Å². The predicted octanol–water partition coefficient (Wildman–Crippen LogP) is 4.22. The summed E-state index contributed by atoms with van der Waals surface area (Å²) in [5.74, 6) is 0.544. The molecule has 2 nitrogen and oxygen atoms in total. The number of rotatable bonds is 1. The zero-order chi connectivity index (χ0) is 10.8. The molecule has 2 rings (SSSR count). The molecule has 0 saturated carbocycles. The van der Waals surface area contributed by atoms with Gasteiger partial charge in [-0.1, -0.05) is 24.3 Å². The first-order valence-corrected chi connectivity index (χ1v) is 5.75. The SMILES string of the molecule is N#COc1c(Br)c(Br)cc2ccccc12. The maximum atomic E-state index is 8.59. The molecule has 0 aliphatic rings. The standard InChI is InChI=1S/C11H5Br2NO/c12-9-5-7-3-1-2-4-8(7)11(10(9)13)15-6-14/h1-5H. The number of halogens is 2. The Bertz CT molecular complexity index is 560. The van der Waals surface area contributed by atoms with Crippen molar-refractivity contribution in [1.82, 2.24) is 0 Å². The van der Waals surface area contributed by atoms with Crippen LogP contribution in [-0.4, -0.2) is 0 Å². The van der Waals surface area contributed by atoms with Crippen molar-refractivity contribution in [1.29, 1.82) is 5.26 Å². The molecule has 0 unspecified atom stereocenters. The van der Waals surface area contributed by atoms with Gasteiger partial charge in [-0.05, 0) is 43.3 Å². The van der Waals surface area contributed by atoms with Crippen LogP contribution in [0.1, 0.15) is 0 Å². The summed E-state index contributed by atoms with van der Waals surface area (Å²) in [5.41, 5.74) is 0. The first-order valence-electron chi connectivity index (χ1n) is 4.16. The minimum absolute atomic E-state index is 0.544. The highest BCUT2D eigenvalue weighted by Crippen LogP contribution is 2.39.